The molecule has 0 spiro atoms. The first-order chi connectivity index (χ1) is 25.4. The molecule has 2 heterocycles. The number of hydrogen-bond donors (Lipinski definition) is 0. The van der Waals surface area contributed by atoms with Crippen molar-refractivity contribution in [3.8, 4) is 0 Å². The molecule has 0 radical (unpaired) electrons. The van der Waals surface area contributed by atoms with Gasteiger partial charge in [-0.2, -0.15) is 0 Å². The number of hydrogen-bond acceptors (Lipinski definition) is 16. The molecule has 0 aliphatic carbocycles. The number of carbonyl (C=O) groups excluding carboxylic acids is 5. The molecule has 2 aromatic rings. The van der Waals surface area contributed by atoms with E-state index in [1.165, 1.54) is 14.0 Å². The molecule has 2 saturated heterocycles. The Morgan fingerprint density at radius 3 is 1.53 bits per heavy atom. The minimum absolute atomic E-state index is 0.0629. The summed E-state index contributed by atoms with van der Waals surface area (Å²) in [6, 6.07) is 18.6. The third kappa shape index (κ3) is 12.3. The monoisotopic (exact) mass is 746 g/mol. The Balaban J connectivity index is 1.76. The maximum atomic E-state index is 12.7. The van der Waals surface area contributed by atoms with Gasteiger partial charge in [0.25, 0.3) is 0 Å². The standard InChI is InChI=1S/C37H46O16/c1-21(38)45-20-29-30(47-22(2)39)33(49-24(4)41)35(50-25(5)42)37(52-29)53-31-28(19-44-17-26-13-9-7-10-14-26)51-36(43-6)34(32(31)48-23(3)40)46-18-27-15-11-8-12-16-27/h7-16,28-37H,17-20H2,1-6H3/t28-,29-,30+,31+,32+,33+,34-,35-,36-,37+/m1/s1. The normalized spacial score (nSPS) is 28.3. The third-order valence-corrected chi connectivity index (χ3v) is 8.04. The lowest BCUT2D eigenvalue weighted by atomic mass is 9.96. The molecule has 2 aliphatic rings. The van der Waals surface area contributed by atoms with Gasteiger partial charge in [-0.25, -0.2) is 0 Å². The molecule has 2 aliphatic heterocycles. The number of methoxy groups -OCH3 is 1. The highest BCUT2D eigenvalue weighted by atomic mass is 16.8. The summed E-state index contributed by atoms with van der Waals surface area (Å²) in [6.07, 6.45) is -13.2. The van der Waals surface area contributed by atoms with Crippen molar-refractivity contribution in [3.63, 3.8) is 0 Å². The van der Waals surface area contributed by atoms with Crippen molar-refractivity contribution in [2.75, 3.05) is 20.3 Å². The summed E-state index contributed by atoms with van der Waals surface area (Å²) in [6.45, 7) is 5.32. The summed E-state index contributed by atoms with van der Waals surface area (Å²) >= 11 is 0. The summed E-state index contributed by atoms with van der Waals surface area (Å²) in [5.74, 6) is -3.82. The Labute approximate surface area is 307 Å². The molecule has 4 rings (SSSR count). The lowest BCUT2D eigenvalue weighted by Gasteiger charge is -2.49. The number of rotatable bonds is 16. The average molecular weight is 747 g/mol. The van der Waals surface area contributed by atoms with Crippen molar-refractivity contribution < 1.29 is 76.1 Å². The molecule has 10 atom stereocenters. The van der Waals surface area contributed by atoms with Crippen molar-refractivity contribution in [3.05, 3.63) is 71.8 Å². The molecule has 0 bridgehead atoms. The third-order valence-electron chi connectivity index (χ3n) is 8.04. The lowest BCUT2D eigenvalue weighted by molar-refractivity contribution is -0.363. The fourth-order valence-electron chi connectivity index (χ4n) is 5.96. The van der Waals surface area contributed by atoms with Crippen LogP contribution < -0.4 is 0 Å². The lowest BCUT2D eigenvalue weighted by Crippen LogP contribution is -2.67. The number of benzene rings is 2. The number of ether oxygens (including phenoxy) is 11. The average Bonchev–Trinajstić information content (AvgIpc) is 3.10. The molecule has 290 valence electrons. The van der Waals surface area contributed by atoms with Gasteiger partial charge in [-0.15, -0.1) is 0 Å². The molecular weight excluding hydrogens is 700 g/mol. The summed E-state index contributed by atoms with van der Waals surface area (Å²) < 4.78 is 64.9. The fourth-order valence-corrected chi connectivity index (χ4v) is 5.96. The van der Waals surface area contributed by atoms with E-state index in [-0.39, 0.29) is 19.8 Å². The Hall–Kier alpha value is -4.45. The van der Waals surface area contributed by atoms with E-state index in [1.54, 1.807) is 0 Å². The highest BCUT2D eigenvalue weighted by Crippen LogP contribution is 2.35. The van der Waals surface area contributed by atoms with E-state index in [0.717, 1.165) is 38.8 Å². The van der Waals surface area contributed by atoms with Crippen LogP contribution >= 0.6 is 0 Å². The molecule has 16 nitrogen and oxygen atoms in total. The maximum Gasteiger partial charge on any atom is 0.303 e. The zero-order chi connectivity index (χ0) is 38.5. The van der Waals surface area contributed by atoms with Crippen LogP contribution in [0.3, 0.4) is 0 Å². The second kappa shape index (κ2) is 20.1. The van der Waals surface area contributed by atoms with Crippen LogP contribution in [0.1, 0.15) is 45.7 Å². The van der Waals surface area contributed by atoms with Crippen LogP contribution in [-0.4, -0.2) is 112 Å². The van der Waals surface area contributed by atoms with Gasteiger partial charge in [-0.3, -0.25) is 24.0 Å². The van der Waals surface area contributed by atoms with Crippen molar-refractivity contribution in [2.24, 2.45) is 0 Å². The van der Waals surface area contributed by atoms with Gasteiger partial charge in [-0.1, -0.05) is 60.7 Å². The molecule has 53 heavy (non-hydrogen) atoms. The van der Waals surface area contributed by atoms with Crippen molar-refractivity contribution in [1.29, 1.82) is 0 Å². The van der Waals surface area contributed by atoms with Crippen LogP contribution in [0, 0.1) is 0 Å². The molecule has 0 amide bonds. The minimum atomic E-state index is -1.63. The van der Waals surface area contributed by atoms with E-state index in [4.69, 9.17) is 52.1 Å². The van der Waals surface area contributed by atoms with E-state index in [0.29, 0.717) is 0 Å². The Bertz CT molecular complexity index is 1500. The van der Waals surface area contributed by atoms with E-state index in [2.05, 4.69) is 0 Å². The SMILES string of the molecule is CO[C@@H]1O[C@H](COCc2ccccc2)[C@H](O[C@@H]2O[C@H](COC(C)=O)[C@H](OC(C)=O)[C@H](OC(C)=O)[C@H]2OC(C)=O)[C@H](OC(C)=O)[C@H]1OCc1ccccc1. The fraction of sp³-hybridized carbons (Fsp3) is 0.541. The summed E-state index contributed by atoms with van der Waals surface area (Å²) in [5.41, 5.74) is 1.67. The van der Waals surface area contributed by atoms with E-state index >= 15 is 0 Å². The van der Waals surface area contributed by atoms with Gasteiger partial charge in [0, 0.05) is 41.7 Å². The van der Waals surface area contributed by atoms with Crippen molar-refractivity contribution in [1.82, 2.24) is 0 Å². The van der Waals surface area contributed by atoms with Gasteiger partial charge < -0.3 is 52.1 Å². The smallest absolute Gasteiger partial charge is 0.303 e. The first kappa shape index (κ1) is 41.3. The Morgan fingerprint density at radius 2 is 1.00 bits per heavy atom. The van der Waals surface area contributed by atoms with Crippen LogP contribution in [0.15, 0.2) is 60.7 Å². The summed E-state index contributed by atoms with van der Waals surface area (Å²) in [4.78, 5) is 61.7. The molecule has 16 heteroatoms. The predicted octanol–water partition coefficient (Wildman–Crippen LogP) is 2.56. The highest BCUT2D eigenvalue weighted by molar-refractivity contribution is 5.69. The number of esters is 5. The Kier molecular flexibility index (Phi) is 15.7. The first-order valence-corrected chi connectivity index (χ1v) is 16.9. The van der Waals surface area contributed by atoms with E-state index in [1.807, 2.05) is 60.7 Å². The quantitative estimate of drug-likeness (QED) is 0.180. The number of carbonyl (C=O) groups is 5. The minimum Gasteiger partial charge on any atom is -0.463 e. The summed E-state index contributed by atoms with van der Waals surface area (Å²) in [5, 5.41) is 0. The topological polar surface area (TPSA) is 187 Å². The van der Waals surface area contributed by atoms with Gasteiger partial charge >= 0.3 is 29.8 Å². The van der Waals surface area contributed by atoms with Crippen LogP contribution in [0.4, 0.5) is 0 Å². The summed E-state index contributed by atoms with van der Waals surface area (Å²) in [7, 11) is 1.40. The van der Waals surface area contributed by atoms with Crippen molar-refractivity contribution >= 4 is 29.8 Å². The predicted molar refractivity (Wildman–Crippen MR) is 179 cm³/mol. The van der Waals surface area contributed by atoms with Crippen LogP contribution in [0.25, 0.3) is 0 Å². The van der Waals surface area contributed by atoms with E-state index < -0.39 is 97.9 Å². The van der Waals surface area contributed by atoms with Crippen LogP contribution in [0.5, 0.6) is 0 Å². The Morgan fingerprint density at radius 1 is 0.528 bits per heavy atom. The molecule has 0 saturated carbocycles. The molecule has 2 fully saturated rings. The maximum absolute atomic E-state index is 12.7. The molecule has 0 unspecified atom stereocenters. The molecule has 0 N–H and O–H groups in total. The second-order valence-electron chi connectivity index (χ2n) is 12.3. The first-order valence-electron chi connectivity index (χ1n) is 16.9. The zero-order valence-electron chi connectivity index (χ0n) is 30.4. The highest BCUT2D eigenvalue weighted by Gasteiger charge is 2.57. The van der Waals surface area contributed by atoms with Crippen molar-refractivity contribution in [2.45, 2.75) is 109 Å². The van der Waals surface area contributed by atoms with Crippen LogP contribution in [-0.2, 0) is 89.3 Å². The van der Waals surface area contributed by atoms with Gasteiger partial charge in [0.05, 0.1) is 19.8 Å². The van der Waals surface area contributed by atoms with Gasteiger partial charge in [-0.05, 0) is 11.1 Å². The van der Waals surface area contributed by atoms with Crippen LogP contribution in [0.2, 0.25) is 0 Å². The molecular formula is C37H46O16. The van der Waals surface area contributed by atoms with Gasteiger partial charge in [0.1, 0.15) is 31.0 Å². The van der Waals surface area contributed by atoms with Gasteiger partial charge in [0.2, 0.25) is 0 Å². The molecule has 0 aromatic heterocycles. The van der Waals surface area contributed by atoms with E-state index in [9.17, 15) is 24.0 Å². The van der Waals surface area contributed by atoms with Gasteiger partial charge in [0.15, 0.2) is 37.0 Å². The molecule has 2 aromatic carbocycles. The largest absolute Gasteiger partial charge is 0.463 e. The zero-order valence-corrected chi connectivity index (χ0v) is 30.4. The second-order valence-corrected chi connectivity index (χ2v) is 12.3.